The Bertz CT molecular complexity index is 364. The van der Waals surface area contributed by atoms with E-state index in [0.29, 0.717) is 19.1 Å². The molecule has 1 fully saturated rings. The van der Waals surface area contributed by atoms with Crippen LogP contribution in [-0.2, 0) is 14.3 Å². The summed E-state index contributed by atoms with van der Waals surface area (Å²) in [6, 6.07) is -0.0245. The highest BCUT2D eigenvalue weighted by Crippen LogP contribution is 2.05. The standard InChI is InChI=1S/C12H21N3O5/c1-9(2)14-3-5-15(6-4-14)12(19)13-10(16)7-20-8-11(17)18/h9H,3-8H2,1-2H3,(H,17,18)(H,13,16,19). The van der Waals surface area contributed by atoms with Crippen LogP contribution in [0.3, 0.4) is 0 Å². The molecule has 0 unspecified atom stereocenters. The number of carbonyl (C=O) groups is 3. The van der Waals surface area contributed by atoms with Gasteiger partial charge in [0.25, 0.3) is 5.91 Å². The number of ether oxygens (including phenoxy) is 1. The molecule has 8 nitrogen and oxygen atoms in total. The second-order valence-electron chi connectivity index (χ2n) is 4.86. The van der Waals surface area contributed by atoms with Crippen LogP contribution in [0.1, 0.15) is 13.8 Å². The zero-order valence-corrected chi connectivity index (χ0v) is 11.8. The first-order valence-electron chi connectivity index (χ1n) is 6.52. The number of nitrogens with zero attached hydrogens (tertiary/aromatic N) is 2. The first kappa shape index (κ1) is 16.4. The lowest BCUT2D eigenvalue weighted by molar-refractivity contribution is -0.143. The molecular formula is C12H21N3O5. The van der Waals surface area contributed by atoms with Crippen molar-refractivity contribution in [1.82, 2.24) is 15.1 Å². The monoisotopic (exact) mass is 287 g/mol. The normalized spacial score (nSPS) is 16.2. The highest BCUT2D eigenvalue weighted by molar-refractivity contribution is 5.95. The maximum Gasteiger partial charge on any atom is 0.329 e. The zero-order valence-electron chi connectivity index (χ0n) is 11.8. The number of hydrogen-bond donors (Lipinski definition) is 2. The SMILES string of the molecule is CC(C)N1CCN(C(=O)NC(=O)COCC(=O)O)CC1. The van der Waals surface area contributed by atoms with Crippen molar-refractivity contribution in [2.45, 2.75) is 19.9 Å². The summed E-state index contributed by atoms with van der Waals surface area (Å²) in [5.41, 5.74) is 0. The number of nitrogens with one attached hydrogen (secondary N) is 1. The minimum Gasteiger partial charge on any atom is -0.480 e. The molecule has 1 saturated heterocycles. The average Bonchev–Trinajstić information content (AvgIpc) is 2.38. The Hall–Kier alpha value is -1.67. The van der Waals surface area contributed by atoms with Crippen molar-refractivity contribution in [1.29, 1.82) is 0 Å². The van der Waals surface area contributed by atoms with Crippen molar-refractivity contribution in [3.63, 3.8) is 0 Å². The van der Waals surface area contributed by atoms with Gasteiger partial charge in [-0.25, -0.2) is 9.59 Å². The summed E-state index contributed by atoms with van der Waals surface area (Å²) < 4.78 is 4.60. The summed E-state index contributed by atoms with van der Waals surface area (Å²) in [4.78, 5) is 37.2. The van der Waals surface area contributed by atoms with Crippen LogP contribution >= 0.6 is 0 Å². The van der Waals surface area contributed by atoms with Gasteiger partial charge in [0.2, 0.25) is 0 Å². The van der Waals surface area contributed by atoms with E-state index in [1.165, 1.54) is 0 Å². The van der Waals surface area contributed by atoms with E-state index < -0.39 is 31.1 Å². The third-order valence-corrected chi connectivity index (χ3v) is 3.04. The number of carboxylic acids is 1. The molecule has 1 rings (SSSR count). The molecule has 2 N–H and O–H groups in total. The van der Waals surface area contributed by atoms with E-state index in [1.54, 1.807) is 4.90 Å². The number of hydrogen-bond acceptors (Lipinski definition) is 5. The maximum absolute atomic E-state index is 11.8. The van der Waals surface area contributed by atoms with Crippen LogP contribution in [0.25, 0.3) is 0 Å². The van der Waals surface area contributed by atoms with Gasteiger partial charge in [0.05, 0.1) is 0 Å². The van der Waals surface area contributed by atoms with Gasteiger partial charge >= 0.3 is 12.0 Å². The number of imide groups is 1. The number of carboxylic acid groups (broad SMARTS) is 1. The maximum atomic E-state index is 11.8. The molecule has 0 spiro atoms. The summed E-state index contributed by atoms with van der Waals surface area (Å²) in [5.74, 6) is -1.79. The molecule has 114 valence electrons. The van der Waals surface area contributed by atoms with Gasteiger partial charge in [0, 0.05) is 32.2 Å². The van der Waals surface area contributed by atoms with Crippen molar-refractivity contribution in [3.05, 3.63) is 0 Å². The molecule has 1 aliphatic heterocycles. The van der Waals surface area contributed by atoms with E-state index in [4.69, 9.17) is 5.11 Å². The fraction of sp³-hybridized carbons (Fsp3) is 0.750. The fourth-order valence-electron chi connectivity index (χ4n) is 1.91. The number of carbonyl (C=O) groups excluding carboxylic acids is 2. The van der Waals surface area contributed by atoms with Crippen molar-refractivity contribution in [3.8, 4) is 0 Å². The lowest BCUT2D eigenvalue weighted by atomic mass is 10.2. The van der Waals surface area contributed by atoms with Gasteiger partial charge in [-0.15, -0.1) is 0 Å². The van der Waals surface area contributed by atoms with Crippen molar-refractivity contribution in [2.24, 2.45) is 0 Å². The Morgan fingerprint density at radius 3 is 2.25 bits per heavy atom. The van der Waals surface area contributed by atoms with Gasteiger partial charge in [-0.2, -0.15) is 0 Å². The average molecular weight is 287 g/mol. The quantitative estimate of drug-likeness (QED) is 0.697. The van der Waals surface area contributed by atoms with E-state index >= 15 is 0 Å². The molecule has 0 atom stereocenters. The molecule has 20 heavy (non-hydrogen) atoms. The van der Waals surface area contributed by atoms with Crippen molar-refractivity contribution in [2.75, 3.05) is 39.4 Å². The van der Waals surface area contributed by atoms with E-state index in [0.717, 1.165) is 13.1 Å². The van der Waals surface area contributed by atoms with Gasteiger partial charge < -0.3 is 14.7 Å². The molecule has 0 aliphatic carbocycles. The number of rotatable bonds is 5. The third-order valence-electron chi connectivity index (χ3n) is 3.04. The van der Waals surface area contributed by atoms with Crippen LogP contribution in [0, 0.1) is 0 Å². The van der Waals surface area contributed by atoms with Gasteiger partial charge in [0.15, 0.2) is 0 Å². The third kappa shape index (κ3) is 5.54. The Morgan fingerprint density at radius 1 is 1.15 bits per heavy atom. The Kier molecular flexibility index (Phi) is 6.40. The first-order chi connectivity index (χ1) is 9.40. The van der Waals surface area contributed by atoms with Crippen LogP contribution < -0.4 is 5.32 Å². The predicted octanol–water partition coefficient (Wildman–Crippen LogP) is -0.650. The number of aliphatic carboxylic acids is 1. The van der Waals surface area contributed by atoms with Gasteiger partial charge in [-0.1, -0.05) is 0 Å². The fourth-order valence-corrected chi connectivity index (χ4v) is 1.91. The van der Waals surface area contributed by atoms with E-state index in [-0.39, 0.29) is 0 Å². The van der Waals surface area contributed by atoms with Gasteiger partial charge in [-0.3, -0.25) is 15.0 Å². The molecule has 0 bridgehead atoms. The Balaban J connectivity index is 2.26. The molecule has 0 aromatic heterocycles. The van der Waals surface area contributed by atoms with Gasteiger partial charge in [0.1, 0.15) is 13.2 Å². The van der Waals surface area contributed by atoms with E-state index in [1.807, 2.05) is 0 Å². The van der Waals surface area contributed by atoms with E-state index in [2.05, 4.69) is 28.8 Å². The smallest absolute Gasteiger partial charge is 0.329 e. The molecule has 0 aromatic carbocycles. The lowest BCUT2D eigenvalue weighted by Gasteiger charge is -2.36. The summed E-state index contributed by atoms with van der Waals surface area (Å²) in [6.45, 7) is 5.86. The topological polar surface area (TPSA) is 99.2 Å². The summed E-state index contributed by atoms with van der Waals surface area (Å²) >= 11 is 0. The molecule has 3 amide bonds. The van der Waals surface area contributed by atoms with Crippen LogP contribution in [-0.4, -0.2) is 78.2 Å². The molecule has 0 aromatic rings. The highest BCUT2D eigenvalue weighted by Gasteiger charge is 2.23. The van der Waals surface area contributed by atoms with Crippen LogP contribution in [0.15, 0.2) is 0 Å². The Morgan fingerprint density at radius 2 is 1.75 bits per heavy atom. The minimum absolute atomic E-state index is 0.436. The molecule has 1 heterocycles. The van der Waals surface area contributed by atoms with E-state index in [9.17, 15) is 14.4 Å². The zero-order chi connectivity index (χ0) is 15.1. The summed E-state index contributed by atoms with van der Waals surface area (Å²) in [5, 5.41) is 10.5. The lowest BCUT2D eigenvalue weighted by Crippen LogP contribution is -2.54. The molecule has 8 heteroatoms. The predicted molar refractivity (Wildman–Crippen MR) is 70.3 cm³/mol. The van der Waals surface area contributed by atoms with Gasteiger partial charge in [-0.05, 0) is 13.8 Å². The number of amides is 3. The second kappa shape index (κ2) is 7.81. The van der Waals surface area contributed by atoms with Crippen molar-refractivity contribution < 1.29 is 24.2 Å². The number of piperazine rings is 1. The summed E-state index contributed by atoms with van der Waals surface area (Å²) in [6.07, 6.45) is 0. The highest BCUT2D eigenvalue weighted by atomic mass is 16.5. The van der Waals surface area contributed by atoms with Crippen molar-refractivity contribution >= 4 is 17.9 Å². The Labute approximate surface area is 117 Å². The second-order valence-corrected chi connectivity index (χ2v) is 4.86. The molecular weight excluding hydrogens is 266 g/mol. The molecule has 0 saturated carbocycles. The largest absolute Gasteiger partial charge is 0.480 e. The molecule has 0 radical (unpaired) electrons. The number of urea groups is 1. The van der Waals surface area contributed by atoms with Crippen LogP contribution in [0.2, 0.25) is 0 Å². The minimum atomic E-state index is -1.16. The first-order valence-corrected chi connectivity index (χ1v) is 6.52. The summed E-state index contributed by atoms with van der Waals surface area (Å²) in [7, 11) is 0. The van der Waals surface area contributed by atoms with Crippen LogP contribution in [0.4, 0.5) is 4.79 Å². The molecule has 1 aliphatic rings. The van der Waals surface area contributed by atoms with Crippen LogP contribution in [0.5, 0.6) is 0 Å².